The fourth-order valence-electron chi connectivity index (χ4n) is 1.99. The fourth-order valence-corrected chi connectivity index (χ4v) is 1.99. The third-order valence-corrected chi connectivity index (χ3v) is 3.06. The number of ether oxygens (including phenoxy) is 3. The van der Waals surface area contributed by atoms with Gasteiger partial charge in [-0.1, -0.05) is 12.1 Å². The lowest BCUT2D eigenvalue weighted by Crippen LogP contribution is -2.28. The van der Waals surface area contributed by atoms with E-state index in [-0.39, 0.29) is 11.7 Å². The van der Waals surface area contributed by atoms with Crippen molar-refractivity contribution >= 4 is 5.78 Å². The number of Topliss-reactive ketones (excluding diaryl/α,β-unsaturated/α-hetero) is 1. The molecule has 0 aliphatic carbocycles. The maximum Gasteiger partial charge on any atom is 0.161 e. The summed E-state index contributed by atoms with van der Waals surface area (Å²) in [5, 5.41) is 0. The van der Waals surface area contributed by atoms with Gasteiger partial charge in [-0.05, 0) is 18.6 Å². The number of methoxy groups -OCH3 is 1. The summed E-state index contributed by atoms with van der Waals surface area (Å²) < 4.78 is 16.1. The highest BCUT2D eigenvalue weighted by atomic mass is 16.5. The first-order valence-electron chi connectivity index (χ1n) is 6.17. The number of carbonyl (C=O) groups is 1. The minimum Gasteiger partial charge on any atom is -0.493 e. The summed E-state index contributed by atoms with van der Waals surface area (Å²) in [5.41, 5.74) is 0. The number of para-hydroxylation sites is 2. The molecule has 1 atom stereocenters. The molecule has 1 saturated heterocycles. The van der Waals surface area contributed by atoms with Crippen LogP contribution in [0.3, 0.4) is 0 Å². The second-order valence-electron chi connectivity index (χ2n) is 4.28. The summed E-state index contributed by atoms with van der Waals surface area (Å²) in [6.45, 7) is 1.58. The van der Waals surface area contributed by atoms with Crippen molar-refractivity contribution < 1.29 is 19.0 Å². The van der Waals surface area contributed by atoms with Crippen LogP contribution in [0.1, 0.15) is 12.8 Å². The van der Waals surface area contributed by atoms with Gasteiger partial charge in [-0.3, -0.25) is 4.79 Å². The molecule has 1 heterocycles. The molecule has 1 fully saturated rings. The van der Waals surface area contributed by atoms with Crippen LogP contribution in [0.2, 0.25) is 0 Å². The van der Waals surface area contributed by atoms with E-state index in [0.29, 0.717) is 44.2 Å². The zero-order valence-electron chi connectivity index (χ0n) is 10.6. The Morgan fingerprint density at radius 3 is 2.83 bits per heavy atom. The molecule has 0 amide bonds. The van der Waals surface area contributed by atoms with Crippen LogP contribution >= 0.6 is 0 Å². The summed E-state index contributed by atoms with van der Waals surface area (Å²) in [4.78, 5) is 11.6. The molecule has 98 valence electrons. The summed E-state index contributed by atoms with van der Waals surface area (Å²) in [7, 11) is 1.61. The largest absolute Gasteiger partial charge is 0.493 e. The number of ketones is 1. The van der Waals surface area contributed by atoms with Crippen LogP contribution in [0.25, 0.3) is 0 Å². The zero-order chi connectivity index (χ0) is 12.8. The Bertz CT molecular complexity index is 403. The van der Waals surface area contributed by atoms with Crippen molar-refractivity contribution in [2.75, 3.05) is 26.9 Å². The van der Waals surface area contributed by atoms with Gasteiger partial charge < -0.3 is 14.2 Å². The second kappa shape index (κ2) is 6.40. The molecule has 0 N–H and O–H groups in total. The first-order valence-corrected chi connectivity index (χ1v) is 6.17. The molecule has 1 aliphatic heterocycles. The molecule has 1 aromatic rings. The van der Waals surface area contributed by atoms with E-state index >= 15 is 0 Å². The standard InChI is InChI=1S/C14H18O4/c1-16-13-4-2-3-5-14(13)18-9-6-11-10-17-8-7-12(11)15/h2-5,11H,6-10H2,1H3. The van der Waals surface area contributed by atoms with E-state index in [1.165, 1.54) is 0 Å². The van der Waals surface area contributed by atoms with Gasteiger partial charge in [0, 0.05) is 12.3 Å². The molecule has 1 aromatic carbocycles. The van der Waals surface area contributed by atoms with Crippen LogP contribution < -0.4 is 9.47 Å². The van der Waals surface area contributed by atoms with E-state index in [1.807, 2.05) is 24.3 Å². The van der Waals surface area contributed by atoms with Crippen molar-refractivity contribution in [3.05, 3.63) is 24.3 Å². The molecule has 4 nitrogen and oxygen atoms in total. The zero-order valence-corrected chi connectivity index (χ0v) is 10.6. The smallest absolute Gasteiger partial charge is 0.161 e. The van der Waals surface area contributed by atoms with E-state index in [1.54, 1.807) is 7.11 Å². The first-order chi connectivity index (χ1) is 8.81. The van der Waals surface area contributed by atoms with Gasteiger partial charge >= 0.3 is 0 Å². The summed E-state index contributed by atoms with van der Waals surface area (Å²) in [6.07, 6.45) is 1.22. The number of hydrogen-bond donors (Lipinski definition) is 0. The Morgan fingerprint density at radius 2 is 2.11 bits per heavy atom. The predicted octanol–water partition coefficient (Wildman–Crippen LogP) is 2.07. The molecule has 1 aliphatic rings. The molecule has 18 heavy (non-hydrogen) atoms. The monoisotopic (exact) mass is 250 g/mol. The van der Waals surface area contributed by atoms with E-state index in [9.17, 15) is 4.79 Å². The molecular formula is C14H18O4. The molecule has 0 aromatic heterocycles. The third kappa shape index (κ3) is 3.23. The Hall–Kier alpha value is -1.55. The second-order valence-corrected chi connectivity index (χ2v) is 4.28. The SMILES string of the molecule is COc1ccccc1OCCC1COCCC1=O. The maximum absolute atomic E-state index is 11.6. The summed E-state index contributed by atoms with van der Waals surface area (Å²) in [5.74, 6) is 1.69. The average Bonchev–Trinajstić information content (AvgIpc) is 2.41. The molecule has 0 spiro atoms. The van der Waals surface area contributed by atoms with Crippen molar-refractivity contribution in [1.29, 1.82) is 0 Å². The molecule has 0 bridgehead atoms. The first kappa shape index (κ1) is 12.9. The Labute approximate surface area is 107 Å². The van der Waals surface area contributed by atoms with Crippen LogP contribution in [0.5, 0.6) is 11.5 Å². The van der Waals surface area contributed by atoms with Gasteiger partial charge in [-0.25, -0.2) is 0 Å². The molecule has 4 heteroatoms. The maximum atomic E-state index is 11.6. The van der Waals surface area contributed by atoms with Gasteiger partial charge in [-0.2, -0.15) is 0 Å². The van der Waals surface area contributed by atoms with Gasteiger partial charge in [0.2, 0.25) is 0 Å². The van der Waals surface area contributed by atoms with Crippen LogP contribution in [0.15, 0.2) is 24.3 Å². The Balaban J connectivity index is 1.82. The third-order valence-electron chi connectivity index (χ3n) is 3.06. The van der Waals surface area contributed by atoms with Crippen LogP contribution in [-0.4, -0.2) is 32.7 Å². The van der Waals surface area contributed by atoms with Gasteiger partial charge in [0.1, 0.15) is 5.78 Å². The fraction of sp³-hybridized carbons (Fsp3) is 0.500. The topological polar surface area (TPSA) is 44.8 Å². The Kier molecular flexibility index (Phi) is 4.59. The highest BCUT2D eigenvalue weighted by Gasteiger charge is 2.22. The van der Waals surface area contributed by atoms with Crippen LogP contribution in [0, 0.1) is 5.92 Å². The number of hydrogen-bond acceptors (Lipinski definition) is 4. The van der Waals surface area contributed by atoms with Crippen molar-refractivity contribution in [3.63, 3.8) is 0 Å². The lowest BCUT2D eigenvalue weighted by molar-refractivity contribution is -0.131. The van der Waals surface area contributed by atoms with Crippen LogP contribution in [0.4, 0.5) is 0 Å². The van der Waals surface area contributed by atoms with Crippen molar-refractivity contribution in [3.8, 4) is 11.5 Å². The van der Waals surface area contributed by atoms with Crippen molar-refractivity contribution in [2.45, 2.75) is 12.8 Å². The lowest BCUT2D eigenvalue weighted by atomic mass is 9.98. The van der Waals surface area contributed by atoms with Gasteiger partial charge in [-0.15, -0.1) is 0 Å². The molecular weight excluding hydrogens is 232 g/mol. The van der Waals surface area contributed by atoms with Crippen LogP contribution in [-0.2, 0) is 9.53 Å². The minimum absolute atomic E-state index is 0.0199. The van der Waals surface area contributed by atoms with E-state index in [4.69, 9.17) is 14.2 Å². The normalized spacial score (nSPS) is 19.6. The molecule has 1 unspecified atom stereocenters. The number of carbonyl (C=O) groups excluding carboxylic acids is 1. The Morgan fingerprint density at radius 1 is 1.33 bits per heavy atom. The highest BCUT2D eigenvalue weighted by molar-refractivity contribution is 5.81. The number of rotatable bonds is 5. The van der Waals surface area contributed by atoms with Crippen molar-refractivity contribution in [2.24, 2.45) is 5.92 Å². The van der Waals surface area contributed by atoms with Gasteiger partial charge in [0.15, 0.2) is 11.5 Å². The van der Waals surface area contributed by atoms with E-state index in [2.05, 4.69) is 0 Å². The molecule has 0 saturated carbocycles. The highest BCUT2D eigenvalue weighted by Crippen LogP contribution is 2.26. The van der Waals surface area contributed by atoms with Gasteiger partial charge in [0.05, 0.1) is 26.9 Å². The van der Waals surface area contributed by atoms with E-state index < -0.39 is 0 Å². The summed E-state index contributed by atoms with van der Waals surface area (Å²) in [6, 6.07) is 7.50. The summed E-state index contributed by atoms with van der Waals surface area (Å²) >= 11 is 0. The predicted molar refractivity (Wildman–Crippen MR) is 67.0 cm³/mol. The quantitative estimate of drug-likeness (QED) is 0.802. The molecule has 0 radical (unpaired) electrons. The minimum atomic E-state index is -0.0199. The molecule has 2 rings (SSSR count). The van der Waals surface area contributed by atoms with Gasteiger partial charge in [0.25, 0.3) is 0 Å². The number of benzene rings is 1. The average molecular weight is 250 g/mol. The van der Waals surface area contributed by atoms with Crippen molar-refractivity contribution in [1.82, 2.24) is 0 Å². The van der Waals surface area contributed by atoms with E-state index in [0.717, 1.165) is 0 Å². The lowest BCUT2D eigenvalue weighted by Gasteiger charge is -2.21.